The molecule has 168 valence electrons. The minimum absolute atomic E-state index is 0.210. The van der Waals surface area contributed by atoms with E-state index in [9.17, 15) is 24.3 Å². The smallest absolute Gasteiger partial charge is 0.326 e. The van der Waals surface area contributed by atoms with E-state index in [2.05, 4.69) is 11.1 Å². The second-order valence-electron chi connectivity index (χ2n) is 6.39. The van der Waals surface area contributed by atoms with Gasteiger partial charge in [0.25, 0.3) is 11.8 Å². The van der Waals surface area contributed by atoms with E-state index in [-0.39, 0.29) is 23.5 Å². The molecule has 1 aromatic carbocycles. The Balaban J connectivity index is 0.000000720. The molecule has 1 aliphatic heterocycles. The van der Waals surface area contributed by atoms with Gasteiger partial charge in [-0.25, -0.2) is 4.79 Å². The number of nitrogens with zero attached hydrogens (tertiary/aromatic N) is 1. The highest BCUT2D eigenvalue weighted by Crippen LogP contribution is 2.32. The molecule has 0 aliphatic carbocycles. The zero-order chi connectivity index (χ0) is 23.6. The summed E-state index contributed by atoms with van der Waals surface area (Å²) in [6.45, 7) is 7.46. The van der Waals surface area contributed by atoms with Crippen LogP contribution in [-0.4, -0.2) is 39.7 Å². The van der Waals surface area contributed by atoms with Crippen molar-refractivity contribution >= 4 is 29.4 Å². The Morgan fingerprint density at radius 3 is 2.32 bits per heavy atom. The minimum Gasteiger partial charge on any atom is -0.480 e. The van der Waals surface area contributed by atoms with Crippen molar-refractivity contribution in [2.24, 2.45) is 5.73 Å². The van der Waals surface area contributed by atoms with Crippen LogP contribution in [-0.2, 0) is 16.1 Å². The van der Waals surface area contributed by atoms with Crippen LogP contribution >= 0.6 is 0 Å². The topological polar surface area (TPSA) is 143 Å². The van der Waals surface area contributed by atoms with Crippen molar-refractivity contribution in [3.8, 4) is 0 Å². The molecule has 0 fully saturated rings. The maximum Gasteiger partial charge on any atom is 0.326 e. The Kier molecular flexibility index (Phi) is 9.97. The van der Waals surface area contributed by atoms with Crippen LogP contribution in [0.5, 0.6) is 0 Å². The van der Waals surface area contributed by atoms with Crippen LogP contribution in [0.2, 0.25) is 0 Å². The first kappa shape index (κ1) is 25.4. The number of imide groups is 1. The number of carboxylic acids is 1. The third kappa shape index (κ3) is 6.43. The molecule has 0 spiro atoms. The molecular formula is C22H29N3O6. The van der Waals surface area contributed by atoms with Gasteiger partial charge in [-0.1, -0.05) is 33.3 Å². The van der Waals surface area contributed by atoms with E-state index >= 15 is 0 Å². The molecule has 0 saturated heterocycles. The summed E-state index contributed by atoms with van der Waals surface area (Å²) in [5.41, 5.74) is 5.38. The molecule has 3 amide bonds. The summed E-state index contributed by atoms with van der Waals surface area (Å²) in [6.07, 6.45) is 2.31. The van der Waals surface area contributed by atoms with Crippen molar-refractivity contribution in [3.63, 3.8) is 0 Å². The molecule has 3 rings (SSSR count). The second-order valence-corrected chi connectivity index (χ2v) is 6.39. The minimum atomic E-state index is -1.18. The molecular weight excluding hydrogens is 402 g/mol. The van der Waals surface area contributed by atoms with Gasteiger partial charge in [0, 0.05) is 12.6 Å². The number of furan rings is 1. The lowest BCUT2D eigenvalue weighted by atomic mass is 10.1. The summed E-state index contributed by atoms with van der Waals surface area (Å²) in [5.74, 6) is -1.98. The van der Waals surface area contributed by atoms with Crippen LogP contribution in [0, 0.1) is 0 Å². The van der Waals surface area contributed by atoms with Gasteiger partial charge in [0.05, 0.1) is 23.9 Å². The van der Waals surface area contributed by atoms with Crippen LogP contribution < -0.4 is 11.1 Å². The van der Waals surface area contributed by atoms with Crippen molar-refractivity contribution in [2.45, 2.75) is 53.1 Å². The molecule has 1 atom stereocenters. The molecule has 0 saturated carbocycles. The first-order valence-corrected chi connectivity index (χ1v) is 10.0. The zero-order valence-electron chi connectivity index (χ0n) is 18.2. The van der Waals surface area contributed by atoms with E-state index in [1.165, 1.54) is 6.92 Å². The van der Waals surface area contributed by atoms with Gasteiger partial charge >= 0.3 is 5.97 Å². The van der Waals surface area contributed by atoms with Crippen molar-refractivity contribution < 1.29 is 28.7 Å². The van der Waals surface area contributed by atoms with Gasteiger partial charge in [-0.3, -0.25) is 19.3 Å². The highest BCUT2D eigenvalue weighted by Gasteiger charge is 2.43. The summed E-state index contributed by atoms with van der Waals surface area (Å²) in [5, 5.41) is 12.5. The molecule has 31 heavy (non-hydrogen) atoms. The number of amides is 3. The quantitative estimate of drug-likeness (QED) is 0.571. The average molecular weight is 431 g/mol. The summed E-state index contributed by atoms with van der Waals surface area (Å²) >= 11 is 0. The average Bonchev–Trinajstić information content (AvgIpc) is 3.33. The van der Waals surface area contributed by atoms with Crippen LogP contribution in [0.1, 0.15) is 67.0 Å². The number of benzene rings is 1. The fourth-order valence-electron chi connectivity index (χ4n) is 2.97. The Hall–Kier alpha value is -3.62. The van der Waals surface area contributed by atoms with E-state index in [0.717, 1.165) is 4.90 Å². The molecule has 0 radical (unpaired) electrons. The maximum atomic E-state index is 12.8. The molecule has 2 heterocycles. The first-order chi connectivity index (χ1) is 14.8. The number of primary amides is 1. The third-order valence-corrected chi connectivity index (χ3v) is 4.14. The predicted molar refractivity (Wildman–Crippen MR) is 116 cm³/mol. The number of hydrogen-bond donors (Lipinski definition) is 3. The third-order valence-electron chi connectivity index (χ3n) is 4.14. The summed E-state index contributed by atoms with van der Waals surface area (Å²) in [4.78, 5) is 47.0. The lowest BCUT2D eigenvalue weighted by Gasteiger charge is -2.22. The number of rotatable bonds is 7. The highest BCUT2D eigenvalue weighted by atomic mass is 16.4. The van der Waals surface area contributed by atoms with Crippen molar-refractivity contribution in [1.29, 1.82) is 0 Å². The van der Waals surface area contributed by atoms with Gasteiger partial charge in [-0.15, -0.1) is 0 Å². The van der Waals surface area contributed by atoms with Gasteiger partial charge in [0.1, 0.15) is 11.8 Å². The molecule has 4 N–H and O–H groups in total. The number of carbonyl (C=O) groups excluding carboxylic acids is 3. The predicted octanol–water partition coefficient (Wildman–Crippen LogP) is 3.26. The Morgan fingerprint density at radius 2 is 1.81 bits per heavy atom. The molecule has 1 aromatic heterocycles. The van der Waals surface area contributed by atoms with Crippen LogP contribution in [0.4, 0.5) is 5.69 Å². The lowest BCUT2D eigenvalue weighted by molar-refractivity contribution is -0.141. The normalized spacial score (nSPS) is 12.7. The van der Waals surface area contributed by atoms with Gasteiger partial charge in [-0.05, 0) is 30.7 Å². The molecule has 2 aromatic rings. The lowest BCUT2D eigenvalue weighted by Crippen LogP contribution is -2.44. The number of fused-ring (bicyclic) bond motifs is 1. The monoisotopic (exact) mass is 431 g/mol. The standard InChI is InChI=1S/C18H18N2O5.C2H5NO.C2H6/c1-2-5-14(18(23)24)20-16(21)12-7-3-8-13(15(12)17(20)22)19-10-11-6-4-9-25-11;1-2(3)4;1-2/h3-4,6-9,14,19H,2,5,10H2,1H3,(H,23,24);1H3,(H2,3,4);1-2H3. The number of nitrogens with two attached hydrogens (primary N) is 1. The Labute approximate surface area is 181 Å². The summed E-state index contributed by atoms with van der Waals surface area (Å²) in [7, 11) is 0. The van der Waals surface area contributed by atoms with E-state index in [1.807, 2.05) is 20.8 Å². The Morgan fingerprint density at radius 1 is 1.16 bits per heavy atom. The summed E-state index contributed by atoms with van der Waals surface area (Å²) in [6, 6.07) is 7.27. The van der Waals surface area contributed by atoms with Crippen molar-refractivity contribution in [3.05, 3.63) is 53.5 Å². The highest BCUT2D eigenvalue weighted by molar-refractivity contribution is 6.24. The number of anilines is 1. The van der Waals surface area contributed by atoms with E-state index < -0.39 is 23.8 Å². The Bertz CT molecular complexity index is 904. The number of carboxylic acid groups (broad SMARTS) is 1. The van der Waals surface area contributed by atoms with Gasteiger partial charge in [0.2, 0.25) is 5.91 Å². The van der Waals surface area contributed by atoms with Crippen molar-refractivity contribution in [2.75, 3.05) is 5.32 Å². The second kappa shape index (κ2) is 12.2. The van der Waals surface area contributed by atoms with Gasteiger partial charge < -0.3 is 20.6 Å². The fraction of sp³-hybridized carbons (Fsp3) is 0.364. The van der Waals surface area contributed by atoms with Gasteiger partial charge in [0.15, 0.2) is 0 Å². The summed E-state index contributed by atoms with van der Waals surface area (Å²) < 4.78 is 5.24. The molecule has 9 heteroatoms. The first-order valence-electron chi connectivity index (χ1n) is 10.0. The van der Waals surface area contributed by atoms with Crippen LogP contribution in [0.25, 0.3) is 0 Å². The van der Waals surface area contributed by atoms with E-state index in [0.29, 0.717) is 24.4 Å². The van der Waals surface area contributed by atoms with Gasteiger partial charge in [-0.2, -0.15) is 0 Å². The molecule has 9 nitrogen and oxygen atoms in total. The SMILES string of the molecule is CC.CC(N)=O.CCCC(C(=O)O)N1C(=O)c2cccc(NCc3ccco3)c2C1=O. The molecule has 1 unspecified atom stereocenters. The number of hydrogen-bond acceptors (Lipinski definition) is 6. The van der Waals surface area contributed by atoms with E-state index in [4.69, 9.17) is 4.42 Å². The number of nitrogens with one attached hydrogen (secondary N) is 1. The fourth-order valence-corrected chi connectivity index (χ4v) is 2.97. The zero-order valence-corrected chi connectivity index (χ0v) is 18.2. The van der Waals surface area contributed by atoms with Crippen LogP contribution in [0.15, 0.2) is 41.0 Å². The number of aliphatic carboxylic acids is 1. The molecule has 0 bridgehead atoms. The number of carbonyl (C=O) groups is 4. The maximum absolute atomic E-state index is 12.8. The van der Waals surface area contributed by atoms with Crippen LogP contribution in [0.3, 0.4) is 0 Å². The van der Waals surface area contributed by atoms with E-state index in [1.54, 1.807) is 36.6 Å². The molecule has 1 aliphatic rings. The largest absolute Gasteiger partial charge is 0.480 e. The van der Waals surface area contributed by atoms with Crippen molar-refractivity contribution in [1.82, 2.24) is 4.90 Å².